The second-order valence-electron chi connectivity index (χ2n) is 5.60. The van der Waals surface area contributed by atoms with E-state index in [1.165, 1.54) is 44.9 Å². The van der Waals surface area contributed by atoms with Crippen molar-refractivity contribution in [1.29, 1.82) is 0 Å². The second kappa shape index (κ2) is 15.9. The van der Waals surface area contributed by atoms with Crippen LogP contribution in [-0.2, 0) is 4.89 Å². The summed E-state index contributed by atoms with van der Waals surface area (Å²) in [5.41, 5.74) is 0. The fourth-order valence-corrected chi connectivity index (χ4v) is 2.38. The van der Waals surface area contributed by atoms with E-state index in [0.717, 1.165) is 38.5 Å². The van der Waals surface area contributed by atoms with Gasteiger partial charge in [0.2, 0.25) is 0 Å². The predicted molar refractivity (Wildman–Crippen MR) is 80.3 cm³/mol. The van der Waals surface area contributed by atoms with E-state index in [4.69, 9.17) is 5.26 Å². The topological polar surface area (TPSA) is 49.7 Å². The zero-order valence-corrected chi connectivity index (χ0v) is 12.8. The highest BCUT2D eigenvalue weighted by molar-refractivity contribution is 4.57. The molecule has 19 heavy (non-hydrogen) atoms. The monoisotopic (exact) mass is 274 g/mol. The third kappa shape index (κ3) is 15.8. The molecule has 0 aromatic carbocycles. The number of aliphatic hydroxyl groups excluding tert-OH is 1. The van der Waals surface area contributed by atoms with Gasteiger partial charge in [-0.05, 0) is 19.3 Å². The summed E-state index contributed by atoms with van der Waals surface area (Å²) in [7, 11) is 0. The lowest BCUT2D eigenvalue weighted by Crippen LogP contribution is -2.06. The smallest absolute Gasteiger partial charge is 0.0819 e. The minimum absolute atomic E-state index is 0.107. The second-order valence-corrected chi connectivity index (χ2v) is 5.60. The molecule has 0 aliphatic carbocycles. The Labute approximate surface area is 119 Å². The molecule has 0 spiro atoms. The normalized spacial score (nSPS) is 12.8. The minimum atomic E-state index is -0.107. The van der Waals surface area contributed by atoms with Crippen molar-refractivity contribution in [3.63, 3.8) is 0 Å². The van der Waals surface area contributed by atoms with Gasteiger partial charge in [-0.3, -0.25) is 5.26 Å². The molecule has 0 radical (unpaired) electrons. The molecule has 0 aliphatic heterocycles. The minimum Gasteiger partial charge on any atom is -0.393 e. The largest absolute Gasteiger partial charge is 0.393 e. The molecule has 0 heterocycles. The van der Waals surface area contributed by atoms with Gasteiger partial charge in [0.25, 0.3) is 0 Å². The summed E-state index contributed by atoms with van der Waals surface area (Å²) in [5.74, 6) is 0. The third-order valence-electron chi connectivity index (χ3n) is 3.66. The van der Waals surface area contributed by atoms with E-state index in [-0.39, 0.29) is 6.10 Å². The van der Waals surface area contributed by atoms with E-state index in [9.17, 15) is 5.11 Å². The van der Waals surface area contributed by atoms with E-state index in [2.05, 4.69) is 11.8 Å². The van der Waals surface area contributed by atoms with Crippen LogP contribution in [0.3, 0.4) is 0 Å². The zero-order valence-electron chi connectivity index (χ0n) is 12.8. The number of hydrogen-bond donors (Lipinski definition) is 2. The van der Waals surface area contributed by atoms with Crippen molar-refractivity contribution in [3.05, 3.63) is 0 Å². The van der Waals surface area contributed by atoms with Gasteiger partial charge < -0.3 is 5.11 Å². The fourth-order valence-electron chi connectivity index (χ4n) is 2.38. The van der Waals surface area contributed by atoms with E-state index in [1.807, 2.05) is 0 Å². The first kappa shape index (κ1) is 18.9. The summed E-state index contributed by atoms with van der Waals surface area (Å²) in [6.45, 7) is 2.67. The molecular weight excluding hydrogens is 240 g/mol. The Morgan fingerprint density at radius 3 is 1.74 bits per heavy atom. The van der Waals surface area contributed by atoms with Gasteiger partial charge in [-0.25, -0.2) is 4.89 Å². The van der Waals surface area contributed by atoms with Crippen LogP contribution in [0, 0.1) is 0 Å². The summed E-state index contributed by atoms with van der Waals surface area (Å²) in [6, 6.07) is 0. The van der Waals surface area contributed by atoms with Crippen LogP contribution in [0.15, 0.2) is 0 Å². The van der Waals surface area contributed by atoms with Crippen molar-refractivity contribution in [3.8, 4) is 0 Å². The summed E-state index contributed by atoms with van der Waals surface area (Å²) < 4.78 is 0. The van der Waals surface area contributed by atoms with Crippen molar-refractivity contribution in [2.24, 2.45) is 0 Å². The van der Waals surface area contributed by atoms with E-state index >= 15 is 0 Å². The van der Waals surface area contributed by atoms with Gasteiger partial charge in [0.15, 0.2) is 0 Å². The maximum absolute atomic E-state index is 9.83. The maximum Gasteiger partial charge on any atom is 0.0819 e. The van der Waals surface area contributed by atoms with Gasteiger partial charge >= 0.3 is 0 Å². The summed E-state index contributed by atoms with van der Waals surface area (Å²) >= 11 is 0. The van der Waals surface area contributed by atoms with Gasteiger partial charge in [0.1, 0.15) is 0 Å². The molecule has 116 valence electrons. The first-order valence-electron chi connectivity index (χ1n) is 8.25. The van der Waals surface area contributed by atoms with Gasteiger partial charge in [-0.15, -0.1) is 0 Å². The Morgan fingerprint density at radius 1 is 0.737 bits per heavy atom. The van der Waals surface area contributed by atoms with Crippen molar-refractivity contribution < 1.29 is 15.3 Å². The molecule has 0 amide bonds. The number of rotatable bonds is 15. The molecule has 0 aliphatic rings. The molecular formula is C16H34O3. The van der Waals surface area contributed by atoms with Crippen LogP contribution in [0.2, 0.25) is 0 Å². The quantitative estimate of drug-likeness (QED) is 0.253. The highest BCUT2D eigenvalue weighted by Crippen LogP contribution is 2.13. The Morgan fingerprint density at radius 2 is 1.21 bits per heavy atom. The van der Waals surface area contributed by atoms with Crippen molar-refractivity contribution in [2.45, 2.75) is 96.5 Å². The maximum atomic E-state index is 9.83. The molecule has 0 bridgehead atoms. The fraction of sp³-hybridized carbons (Fsp3) is 1.00. The van der Waals surface area contributed by atoms with Crippen molar-refractivity contribution in [1.82, 2.24) is 0 Å². The van der Waals surface area contributed by atoms with Crippen LogP contribution in [0.5, 0.6) is 0 Å². The third-order valence-corrected chi connectivity index (χ3v) is 3.66. The molecule has 0 saturated carbocycles. The lowest BCUT2D eigenvalue weighted by atomic mass is 10.0. The summed E-state index contributed by atoms with van der Waals surface area (Å²) in [5, 5.41) is 18.0. The number of hydrogen-bond acceptors (Lipinski definition) is 3. The van der Waals surface area contributed by atoms with Crippen LogP contribution >= 0.6 is 0 Å². The zero-order chi connectivity index (χ0) is 14.2. The van der Waals surface area contributed by atoms with Crippen LogP contribution in [0.25, 0.3) is 0 Å². The SMILES string of the molecule is CCCCCCCCCC(O)CCCCCCOO. The van der Waals surface area contributed by atoms with Crippen molar-refractivity contribution >= 4 is 0 Å². The van der Waals surface area contributed by atoms with E-state index < -0.39 is 0 Å². The Hall–Kier alpha value is -0.120. The van der Waals surface area contributed by atoms with Crippen LogP contribution in [0.4, 0.5) is 0 Å². The van der Waals surface area contributed by atoms with Crippen molar-refractivity contribution in [2.75, 3.05) is 6.61 Å². The molecule has 0 saturated heterocycles. The average molecular weight is 274 g/mol. The van der Waals surface area contributed by atoms with Crippen LogP contribution in [0.1, 0.15) is 90.4 Å². The summed E-state index contributed by atoms with van der Waals surface area (Å²) in [4.78, 5) is 4.02. The molecule has 3 heteroatoms. The number of unbranched alkanes of at least 4 members (excludes halogenated alkanes) is 9. The first-order chi connectivity index (χ1) is 9.31. The van der Waals surface area contributed by atoms with Gasteiger partial charge in [-0.2, -0.15) is 0 Å². The predicted octanol–water partition coefficient (Wildman–Crippen LogP) is 4.93. The highest BCUT2D eigenvalue weighted by atomic mass is 17.1. The van der Waals surface area contributed by atoms with Crippen LogP contribution < -0.4 is 0 Å². The summed E-state index contributed by atoms with van der Waals surface area (Å²) in [6.07, 6.45) is 15.2. The molecule has 0 fully saturated rings. The Balaban J connectivity index is 3.10. The first-order valence-corrected chi connectivity index (χ1v) is 8.25. The van der Waals surface area contributed by atoms with Crippen LogP contribution in [-0.4, -0.2) is 23.1 Å². The molecule has 3 nitrogen and oxygen atoms in total. The van der Waals surface area contributed by atoms with E-state index in [1.54, 1.807) is 0 Å². The Bertz CT molecular complexity index is 162. The van der Waals surface area contributed by atoms with Gasteiger partial charge in [0.05, 0.1) is 12.7 Å². The molecule has 0 rings (SSSR count). The lowest BCUT2D eigenvalue weighted by Gasteiger charge is -2.10. The van der Waals surface area contributed by atoms with Gasteiger partial charge in [0, 0.05) is 0 Å². The number of aliphatic hydroxyl groups is 1. The molecule has 1 unspecified atom stereocenters. The molecule has 1 atom stereocenters. The molecule has 2 N–H and O–H groups in total. The standard InChI is InChI=1S/C16H34O3/c1-2-3-4-5-6-7-10-13-16(17)14-11-8-9-12-15-19-18/h16-18H,2-15H2,1H3. The molecule has 0 aromatic heterocycles. The lowest BCUT2D eigenvalue weighted by molar-refractivity contribution is -0.242. The van der Waals surface area contributed by atoms with E-state index in [0.29, 0.717) is 6.61 Å². The molecule has 0 aromatic rings. The van der Waals surface area contributed by atoms with Gasteiger partial charge in [-0.1, -0.05) is 71.1 Å². The Kier molecular flexibility index (Phi) is 15.8. The highest BCUT2D eigenvalue weighted by Gasteiger charge is 2.03. The average Bonchev–Trinajstić information content (AvgIpc) is 2.41.